The summed E-state index contributed by atoms with van der Waals surface area (Å²) in [6.07, 6.45) is 2.60. The lowest BCUT2D eigenvalue weighted by molar-refractivity contribution is -0.129. The molecule has 0 bridgehead atoms. The van der Waals surface area contributed by atoms with Crippen LogP contribution in [0.25, 0.3) is 0 Å². The largest absolute Gasteiger partial charge is 0.350 e. The number of carbonyl (C=O) groups excluding carboxylic acids is 1. The van der Waals surface area contributed by atoms with Crippen LogP contribution in [-0.2, 0) is 11.3 Å². The van der Waals surface area contributed by atoms with Crippen LogP contribution in [0, 0.1) is 0 Å². The predicted molar refractivity (Wildman–Crippen MR) is 64.1 cm³/mol. The Morgan fingerprint density at radius 2 is 2.12 bits per heavy atom. The average Bonchev–Trinajstić information content (AvgIpc) is 2.24. The smallest absolute Gasteiger partial charge is 0.240 e. The van der Waals surface area contributed by atoms with Gasteiger partial charge in [-0.2, -0.15) is 0 Å². The standard InChI is InChI=1S/C12H15ClN2O/c13-10-5-2-1-4-9(10)8-15-11(16)12(14)6-3-7-12/h1-2,4-5H,3,6-8,14H2,(H,15,16). The fourth-order valence-corrected chi connectivity index (χ4v) is 1.98. The molecule has 16 heavy (non-hydrogen) atoms. The molecule has 0 radical (unpaired) electrons. The van der Waals surface area contributed by atoms with Gasteiger partial charge in [0.1, 0.15) is 0 Å². The molecule has 0 aliphatic heterocycles. The van der Waals surface area contributed by atoms with Gasteiger partial charge < -0.3 is 11.1 Å². The van der Waals surface area contributed by atoms with Gasteiger partial charge in [0, 0.05) is 11.6 Å². The van der Waals surface area contributed by atoms with Gasteiger partial charge in [0.15, 0.2) is 0 Å². The maximum absolute atomic E-state index is 11.8. The second-order valence-electron chi connectivity index (χ2n) is 4.28. The minimum atomic E-state index is -0.638. The average molecular weight is 239 g/mol. The molecule has 0 saturated heterocycles. The SMILES string of the molecule is NC1(C(=O)NCc2ccccc2Cl)CCC1. The topological polar surface area (TPSA) is 55.1 Å². The van der Waals surface area contributed by atoms with Crippen LogP contribution >= 0.6 is 11.6 Å². The third-order valence-corrected chi connectivity index (χ3v) is 3.46. The van der Waals surface area contributed by atoms with Crippen LogP contribution in [0.15, 0.2) is 24.3 Å². The number of hydrogen-bond acceptors (Lipinski definition) is 2. The zero-order valence-electron chi connectivity index (χ0n) is 9.00. The van der Waals surface area contributed by atoms with Crippen molar-refractivity contribution in [3.05, 3.63) is 34.9 Å². The second-order valence-corrected chi connectivity index (χ2v) is 4.69. The van der Waals surface area contributed by atoms with E-state index >= 15 is 0 Å². The summed E-state index contributed by atoms with van der Waals surface area (Å²) in [6, 6.07) is 7.47. The third kappa shape index (κ3) is 2.20. The first kappa shape index (κ1) is 11.4. The summed E-state index contributed by atoms with van der Waals surface area (Å²) in [7, 11) is 0. The van der Waals surface area contributed by atoms with Crippen molar-refractivity contribution in [1.29, 1.82) is 0 Å². The summed E-state index contributed by atoms with van der Waals surface area (Å²) in [5.41, 5.74) is 6.18. The van der Waals surface area contributed by atoms with Crippen molar-refractivity contribution in [1.82, 2.24) is 5.32 Å². The molecule has 1 fully saturated rings. The molecule has 3 nitrogen and oxygen atoms in total. The lowest BCUT2D eigenvalue weighted by Crippen LogP contribution is -2.58. The van der Waals surface area contributed by atoms with Crippen LogP contribution in [0.1, 0.15) is 24.8 Å². The fourth-order valence-electron chi connectivity index (χ4n) is 1.78. The number of halogens is 1. The number of hydrogen-bond donors (Lipinski definition) is 2. The summed E-state index contributed by atoms with van der Waals surface area (Å²) >= 11 is 5.99. The Morgan fingerprint density at radius 3 is 2.69 bits per heavy atom. The molecule has 0 atom stereocenters. The normalized spacial score (nSPS) is 17.6. The van der Waals surface area contributed by atoms with Crippen molar-refractivity contribution >= 4 is 17.5 Å². The van der Waals surface area contributed by atoms with Crippen molar-refractivity contribution < 1.29 is 4.79 Å². The molecule has 0 heterocycles. The van der Waals surface area contributed by atoms with Crippen LogP contribution in [0.3, 0.4) is 0 Å². The van der Waals surface area contributed by atoms with E-state index < -0.39 is 5.54 Å². The first-order valence-corrected chi connectivity index (χ1v) is 5.80. The van der Waals surface area contributed by atoms with Crippen LogP contribution in [0.5, 0.6) is 0 Å². The van der Waals surface area contributed by atoms with E-state index in [0.717, 1.165) is 24.8 Å². The van der Waals surface area contributed by atoms with Gasteiger partial charge in [-0.25, -0.2) is 0 Å². The Labute approximate surface area is 100.0 Å². The van der Waals surface area contributed by atoms with E-state index in [-0.39, 0.29) is 5.91 Å². The molecule has 1 aliphatic rings. The number of rotatable bonds is 3. The number of benzene rings is 1. The highest BCUT2D eigenvalue weighted by atomic mass is 35.5. The van der Waals surface area contributed by atoms with Crippen LogP contribution < -0.4 is 11.1 Å². The summed E-state index contributed by atoms with van der Waals surface area (Å²) in [5.74, 6) is -0.0707. The quantitative estimate of drug-likeness (QED) is 0.844. The molecule has 0 unspecified atom stereocenters. The van der Waals surface area contributed by atoms with Crippen molar-refractivity contribution in [3.63, 3.8) is 0 Å². The number of amides is 1. The number of nitrogens with two attached hydrogens (primary N) is 1. The molecule has 1 saturated carbocycles. The van der Waals surface area contributed by atoms with E-state index in [0.29, 0.717) is 11.6 Å². The van der Waals surface area contributed by atoms with E-state index in [9.17, 15) is 4.79 Å². The lowest BCUT2D eigenvalue weighted by atomic mass is 9.77. The van der Waals surface area contributed by atoms with Gasteiger partial charge in [0.25, 0.3) is 0 Å². The first-order chi connectivity index (χ1) is 7.62. The molecular formula is C12H15ClN2O. The molecule has 0 spiro atoms. The van der Waals surface area contributed by atoms with Crippen molar-refractivity contribution in [2.45, 2.75) is 31.3 Å². The van der Waals surface area contributed by atoms with Gasteiger partial charge in [-0.15, -0.1) is 0 Å². The summed E-state index contributed by atoms with van der Waals surface area (Å²) in [5, 5.41) is 3.50. The zero-order valence-corrected chi connectivity index (χ0v) is 9.76. The monoisotopic (exact) mass is 238 g/mol. The Hall–Kier alpha value is -1.06. The van der Waals surface area contributed by atoms with E-state index in [1.54, 1.807) is 0 Å². The van der Waals surface area contributed by atoms with Crippen molar-refractivity contribution in [2.75, 3.05) is 0 Å². The second kappa shape index (κ2) is 4.44. The van der Waals surface area contributed by atoms with Crippen molar-refractivity contribution in [2.24, 2.45) is 5.73 Å². The third-order valence-electron chi connectivity index (χ3n) is 3.10. The van der Waals surface area contributed by atoms with E-state index in [4.69, 9.17) is 17.3 Å². The Kier molecular flexibility index (Phi) is 3.17. The molecule has 0 aromatic heterocycles. The molecule has 3 N–H and O–H groups in total. The first-order valence-electron chi connectivity index (χ1n) is 5.42. The molecule has 1 amide bonds. The van der Waals surface area contributed by atoms with E-state index in [2.05, 4.69) is 5.32 Å². The minimum absolute atomic E-state index is 0.0707. The molecule has 86 valence electrons. The lowest BCUT2D eigenvalue weighted by Gasteiger charge is -2.36. The fraction of sp³-hybridized carbons (Fsp3) is 0.417. The van der Waals surface area contributed by atoms with Gasteiger partial charge in [0.05, 0.1) is 5.54 Å². The molecule has 4 heteroatoms. The zero-order chi connectivity index (χ0) is 11.6. The predicted octanol–water partition coefficient (Wildman–Crippen LogP) is 1.84. The van der Waals surface area contributed by atoms with E-state index in [1.807, 2.05) is 24.3 Å². The highest BCUT2D eigenvalue weighted by molar-refractivity contribution is 6.31. The Morgan fingerprint density at radius 1 is 1.44 bits per heavy atom. The molecule has 1 aromatic carbocycles. The van der Waals surface area contributed by atoms with Gasteiger partial charge in [0.2, 0.25) is 5.91 Å². The van der Waals surface area contributed by atoms with E-state index in [1.165, 1.54) is 0 Å². The molecule has 2 rings (SSSR count). The van der Waals surface area contributed by atoms with Gasteiger partial charge in [-0.1, -0.05) is 29.8 Å². The highest BCUT2D eigenvalue weighted by Gasteiger charge is 2.39. The Balaban J connectivity index is 1.93. The van der Waals surface area contributed by atoms with Crippen LogP contribution in [0.2, 0.25) is 5.02 Å². The summed E-state index contributed by atoms with van der Waals surface area (Å²) in [6.45, 7) is 0.442. The summed E-state index contributed by atoms with van der Waals surface area (Å²) < 4.78 is 0. The summed E-state index contributed by atoms with van der Waals surface area (Å²) in [4.78, 5) is 11.8. The molecule has 1 aromatic rings. The van der Waals surface area contributed by atoms with Gasteiger partial charge >= 0.3 is 0 Å². The van der Waals surface area contributed by atoms with Crippen LogP contribution in [-0.4, -0.2) is 11.4 Å². The van der Waals surface area contributed by atoms with Gasteiger partial charge in [-0.05, 0) is 30.9 Å². The maximum atomic E-state index is 11.8. The maximum Gasteiger partial charge on any atom is 0.240 e. The van der Waals surface area contributed by atoms with Crippen LogP contribution in [0.4, 0.5) is 0 Å². The Bertz CT molecular complexity index is 402. The number of nitrogens with one attached hydrogen (secondary N) is 1. The van der Waals surface area contributed by atoms with Crippen molar-refractivity contribution in [3.8, 4) is 0 Å². The molecular weight excluding hydrogens is 224 g/mol. The minimum Gasteiger partial charge on any atom is -0.350 e. The highest BCUT2D eigenvalue weighted by Crippen LogP contribution is 2.29. The van der Waals surface area contributed by atoms with Gasteiger partial charge in [-0.3, -0.25) is 4.79 Å². The molecule has 1 aliphatic carbocycles. The number of carbonyl (C=O) groups is 1.